The highest BCUT2D eigenvalue weighted by Gasteiger charge is 2.16. The van der Waals surface area contributed by atoms with E-state index < -0.39 is 0 Å². The van der Waals surface area contributed by atoms with Crippen molar-refractivity contribution >= 4 is 21.9 Å². The number of hydrogen-bond acceptors (Lipinski definition) is 2. The molecule has 0 saturated heterocycles. The molecule has 0 amide bonds. The summed E-state index contributed by atoms with van der Waals surface area (Å²) in [6, 6.07) is 75.2. The van der Waals surface area contributed by atoms with E-state index in [2.05, 4.69) is 205 Å². The molecular weight excluding hydrogens is 667 g/mol. The van der Waals surface area contributed by atoms with Crippen LogP contribution in [0.4, 0.5) is 0 Å². The van der Waals surface area contributed by atoms with Crippen LogP contribution in [0, 0.1) is 0 Å². The van der Waals surface area contributed by atoms with E-state index in [9.17, 15) is 0 Å². The number of hydrogen-bond donors (Lipinski definition) is 0. The van der Waals surface area contributed by atoms with Gasteiger partial charge in [0.05, 0.1) is 22.2 Å². The maximum atomic E-state index is 5.29. The number of nitrogens with zero attached hydrogens (tertiary/aromatic N) is 3. The first-order valence-electron chi connectivity index (χ1n) is 18.7. The highest BCUT2D eigenvalue weighted by Crippen LogP contribution is 2.37. The van der Waals surface area contributed by atoms with E-state index >= 15 is 0 Å². The Kier molecular flexibility index (Phi) is 8.16. The molecule has 0 radical (unpaired) electrons. The second kappa shape index (κ2) is 13.9. The molecule has 0 aliphatic heterocycles. The molecule has 2 heterocycles. The van der Waals surface area contributed by atoms with Gasteiger partial charge in [-0.2, -0.15) is 0 Å². The summed E-state index contributed by atoms with van der Waals surface area (Å²) in [6.45, 7) is 0. The summed E-state index contributed by atoms with van der Waals surface area (Å²) in [5, 5.41) is 1.11. The highest BCUT2D eigenvalue weighted by atomic mass is 15.1. The quantitative estimate of drug-likeness (QED) is 0.166. The van der Waals surface area contributed by atoms with Crippen molar-refractivity contribution < 1.29 is 0 Å². The molecule has 8 aromatic carbocycles. The number of aromatic nitrogens is 3. The summed E-state index contributed by atoms with van der Waals surface area (Å²) in [4.78, 5) is 10.4. The summed E-state index contributed by atoms with van der Waals surface area (Å²) < 4.78 is 2.26. The van der Waals surface area contributed by atoms with E-state index in [-0.39, 0.29) is 0 Å². The number of pyridine rings is 1. The first-order chi connectivity index (χ1) is 27.2. The Morgan fingerprint density at radius 3 is 1.49 bits per heavy atom. The van der Waals surface area contributed by atoms with Crippen molar-refractivity contribution in [2.45, 2.75) is 0 Å². The maximum absolute atomic E-state index is 5.29. The van der Waals surface area contributed by atoms with Gasteiger partial charge in [-0.25, -0.2) is 9.97 Å². The zero-order valence-electron chi connectivity index (χ0n) is 30.0. The molecule has 0 saturated carbocycles. The van der Waals surface area contributed by atoms with Gasteiger partial charge in [0.1, 0.15) is 5.82 Å². The second-order valence-corrected chi connectivity index (χ2v) is 13.9. The number of benzene rings is 8. The molecule has 0 spiro atoms. The van der Waals surface area contributed by atoms with Crippen LogP contribution in [0.5, 0.6) is 0 Å². The lowest BCUT2D eigenvalue weighted by Gasteiger charge is -2.15. The summed E-state index contributed by atoms with van der Waals surface area (Å²) in [5.41, 5.74) is 16.5. The molecular formula is C52H35N3. The van der Waals surface area contributed by atoms with Crippen molar-refractivity contribution in [3.63, 3.8) is 0 Å². The predicted octanol–water partition coefficient (Wildman–Crippen LogP) is 13.6. The average Bonchev–Trinajstić information content (AvgIpc) is 3.67. The van der Waals surface area contributed by atoms with Gasteiger partial charge in [-0.3, -0.25) is 4.57 Å². The molecule has 3 heteroatoms. The third kappa shape index (κ3) is 6.18. The lowest BCUT2D eigenvalue weighted by Crippen LogP contribution is -1.98. The summed E-state index contributed by atoms with van der Waals surface area (Å²) in [7, 11) is 0. The Bertz CT molecular complexity index is 2950. The van der Waals surface area contributed by atoms with Crippen LogP contribution in [-0.2, 0) is 0 Å². The molecule has 0 aliphatic rings. The lowest BCUT2D eigenvalue weighted by atomic mass is 9.93. The van der Waals surface area contributed by atoms with Gasteiger partial charge in [-0.15, -0.1) is 0 Å². The maximum Gasteiger partial charge on any atom is 0.145 e. The van der Waals surface area contributed by atoms with Crippen LogP contribution < -0.4 is 0 Å². The molecule has 0 aliphatic carbocycles. The Labute approximate surface area is 320 Å². The SMILES string of the molecule is c1ccc(-c2cccc(-c3ccc4nc(-c5cccc(-c6ccccc6)c5)cc(-c5ccc(-n6c(-c7ccccc7)nc7ccccc76)cc5)c4c3)c2)cc1. The lowest BCUT2D eigenvalue weighted by molar-refractivity contribution is 1.10. The van der Waals surface area contributed by atoms with E-state index in [4.69, 9.17) is 9.97 Å². The first-order valence-corrected chi connectivity index (χ1v) is 18.7. The minimum atomic E-state index is 0.923. The van der Waals surface area contributed by atoms with Crippen LogP contribution in [-0.4, -0.2) is 14.5 Å². The van der Waals surface area contributed by atoms with Gasteiger partial charge < -0.3 is 0 Å². The number of rotatable bonds is 7. The normalized spacial score (nSPS) is 11.3. The molecule has 55 heavy (non-hydrogen) atoms. The molecule has 0 atom stereocenters. The van der Waals surface area contributed by atoms with Crippen LogP contribution in [0.25, 0.3) is 94.8 Å². The molecule has 0 fully saturated rings. The van der Waals surface area contributed by atoms with Gasteiger partial charge in [-0.1, -0.05) is 158 Å². The minimum Gasteiger partial charge on any atom is -0.292 e. The highest BCUT2D eigenvalue weighted by molar-refractivity contribution is 5.99. The molecule has 2 aromatic heterocycles. The summed E-state index contributed by atoms with van der Waals surface area (Å²) in [6.07, 6.45) is 0. The van der Waals surface area contributed by atoms with Crippen molar-refractivity contribution in [2.75, 3.05) is 0 Å². The van der Waals surface area contributed by atoms with Crippen molar-refractivity contribution in [1.29, 1.82) is 0 Å². The molecule has 0 bridgehead atoms. The third-order valence-corrected chi connectivity index (χ3v) is 10.4. The van der Waals surface area contributed by atoms with E-state index in [1.807, 2.05) is 12.1 Å². The smallest absolute Gasteiger partial charge is 0.145 e. The molecule has 0 N–H and O–H groups in total. The predicted molar refractivity (Wildman–Crippen MR) is 229 cm³/mol. The fourth-order valence-corrected chi connectivity index (χ4v) is 7.65. The standard InChI is InChI=1S/C52H35N3/c1-4-14-36(15-5-1)40-20-12-22-42(32-40)43-28-31-48-47(34-43)46(35-50(53-48)44-23-13-21-41(33-44)37-16-6-2-7-17-37)38-26-29-45(30-27-38)55-51-25-11-10-24-49(51)54-52(55)39-18-8-3-9-19-39/h1-35H. The fourth-order valence-electron chi connectivity index (χ4n) is 7.65. The molecule has 3 nitrogen and oxygen atoms in total. The van der Waals surface area contributed by atoms with E-state index in [1.54, 1.807) is 0 Å². The second-order valence-electron chi connectivity index (χ2n) is 13.9. The van der Waals surface area contributed by atoms with E-state index in [0.29, 0.717) is 0 Å². The molecule has 10 aromatic rings. The molecule has 258 valence electrons. The van der Waals surface area contributed by atoms with Gasteiger partial charge in [0.2, 0.25) is 0 Å². The largest absolute Gasteiger partial charge is 0.292 e. The van der Waals surface area contributed by atoms with Gasteiger partial charge in [-0.05, 0) is 99.1 Å². The van der Waals surface area contributed by atoms with Crippen LogP contribution in [0.3, 0.4) is 0 Å². The summed E-state index contributed by atoms with van der Waals surface area (Å²) in [5.74, 6) is 0.923. The first kappa shape index (κ1) is 32.3. The number of para-hydroxylation sites is 2. The Morgan fingerprint density at radius 1 is 0.309 bits per heavy atom. The minimum absolute atomic E-state index is 0.923. The fraction of sp³-hybridized carbons (Fsp3) is 0. The van der Waals surface area contributed by atoms with Crippen LogP contribution in [0.15, 0.2) is 212 Å². The van der Waals surface area contributed by atoms with Gasteiger partial charge in [0, 0.05) is 22.2 Å². The van der Waals surface area contributed by atoms with E-state index in [0.717, 1.165) is 67.0 Å². The molecule has 10 rings (SSSR count). The van der Waals surface area contributed by atoms with Crippen molar-refractivity contribution in [3.05, 3.63) is 212 Å². The topological polar surface area (TPSA) is 30.7 Å². The van der Waals surface area contributed by atoms with E-state index in [1.165, 1.54) is 27.8 Å². The Morgan fingerprint density at radius 2 is 0.818 bits per heavy atom. The number of fused-ring (bicyclic) bond motifs is 2. The van der Waals surface area contributed by atoms with Crippen LogP contribution in [0.2, 0.25) is 0 Å². The average molecular weight is 702 g/mol. The van der Waals surface area contributed by atoms with Gasteiger partial charge >= 0.3 is 0 Å². The van der Waals surface area contributed by atoms with Crippen molar-refractivity contribution in [2.24, 2.45) is 0 Å². The van der Waals surface area contributed by atoms with Crippen LogP contribution >= 0.6 is 0 Å². The third-order valence-electron chi connectivity index (χ3n) is 10.4. The summed E-state index contributed by atoms with van der Waals surface area (Å²) >= 11 is 0. The zero-order chi connectivity index (χ0) is 36.6. The molecule has 0 unspecified atom stereocenters. The number of imidazole rings is 1. The zero-order valence-corrected chi connectivity index (χ0v) is 30.0. The van der Waals surface area contributed by atoms with Gasteiger partial charge in [0.15, 0.2) is 0 Å². The van der Waals surface area contributed by atoms with Crippen molar-refractivity contribution in [1.82, 2.24) is 14.5 Å². The van der Waals surface area contributed by atoms with Crippen molar-refractivity contribution in [3.8, 4) is 72.8 Å². The van der Waals surface area contributed by atoms with Gasteiger partial charge in [0.25, 0.3) is 0 Å². The monoisotopic (exact) mass is 701 g/mol. The Hall–Kier alpha value is -7.36. The Balaban J connectivity index is 1.13. The van der Waals surface area contributed by atoms with Crippen LogP contribution in [0.1, 0.15) is 0 Å².